The van der Waals surface area contributed by atoms with Gasteiger partial charge in [-0.1, -0.05) is 20.3 Å². The maximum Gasteiger partial charge on any atom is 0.239 e. The molecule has 0 aliphatic heterocycles. The normalized spacial score (nSPS) is 13.1. The van der Waals surface area contributed by atoms with Crippen molar-refractivity contribution in [1.82, 2.24) is 0 Å². The number of rotatable bonds is 5. The van der Waals surface area contributed by atoms with Gasteiger partial charge in [0.25, 0.3) is 0 Å². The molecule has 0 aromatic heterocycles. The van der Waals surface area contributed by atoms with Crippen LogP contribution in [0.4, 0.5) is 5.69 Å². The molecule has 19 heavy (non-hydrogen) atoms. The van der Waals surface area contributed by atoms with Crippen LogP contribution in [0.15, 0.2) is 27.6 Å². The first kappa shape index (κ1) is 16.1. The fourth-order valence-electron chi connectivity index (χ4n) is 1.64. The minimum Gasteiger partial charge on any atom is -0.326 e. The van der Waals surface area contributed by atoms with Gasteiger partial charge in [0.2, 0.25) is 15.9 Å². The second kappa shape index (κ2) is 6.49. The predicted molar refractivity (Wildman–Crippen MR) is 78.2 cm³/mol. The van der Waals surface area contributed by atoms with E-state index < -0.39 is 10.0 Å². The van der Waals surface area contributed by atoms with Gasteiger partial charge in [-0.3, -0.25) is 4.79 Å². The lowest BCUT2D eigenvalue weighted by Crippen LogP contribution is -2.20. The molecule has 3 N–H and O–H groups in total. The molecule has 0 radical (unpaired) electrons. The van der Waals surface area contributed by atoms with E-state index in [9.17, 15) is 13.2 Å². The molecule has 1 aromatic carbocycles. The minimum absolute atomic E-state index is 0.00731. The van der Waals surface area contributed by atoms with Gasteiger partial charge in [0.15, 0.2) is 0 Å². The van der Waals surface area contributed by atoms with Crippen molar-refractivity contribution in [2.75, 3.05) is 5.32 Å². The van der Waals surface area contributed by atoms with Crippen molar-refractivity contribution >= 4 is 37.5 Å². The van der Waals surface area contributed by atoms with Crippen LogP contribution in [0.3, 0.4) is 0 Å². The van der Waals surface area contributed by atoms with Gasteiger partial charge in [-0.25, -0.2) is 13.6 Å². The van der Waals surface area contributed by atoms with E-state index in [1.165, 1.54) is 18.2 Å². The van der Waals surface area contributed by atoms with Crippen molar-refractivity contribution in [3.8, 4) is 0 Å². The van der Waals surface area contributed by atoms with E-state index in [1.54, 1.807) is 0 Å². The van der Waals surface area contributed by atoms with Crippen molar-refractivity contribution in [2.24, 2.45) is 11.1 Å². The van der Waals surface area contributed by atoms with Crippen LogP contribution in [0.5, 0.6) is 0 Å². The van der Waals surface area contributed by atoms with Gasteiger partial charge in [-0.2, -0.15) is 0 Å². The summed E-state index contributed by atoms with van der Waals surface area (Å²) >= 11 is 3.13. The van der Waals surface area contributed by atoms with E-state index in [0.29, 0.717) is 10.2 Å². The number of sulfonamides is 1. The zero-order valence-corrected chi connectivity index (χ0v) is 13.2. The number of nitrogens with two attached hydrogens (primary N) is 1. The summed E-state index contributed by atoms with van der Waals surface area (Å²) in [6.45, 7) is 3.87. The third-order valence-electron chi connectivity index (χ3n) is 2.68. The largest absolute Gasteiger partial charge is 0.326 e. The number of hydrogen-bond donors (Lipinski definition) is 2. The number of halogens is 1. The molecule has 0 saturated heterocycles. The summed E-state index contributed by atoms with van der Waals surface area (Å²) in [4.78, 5) is 11.8. The van der Waals surface area contributed by atoms with Crippen LogP contribution in [0.2, 0.25) is 0 Å². The first-order valence-corrected chi connectivity index (χ1v) is 8.22. The Labute approximate surface area is 121 Å². The Balaban J connectivity index is 2.88. The molecule has 0 heterocycles. The summed E-state index contributed by atoms with van der Waals surface area (Å²) in [5.74, 6) is -0.168. The Bertz CT molecular complexity index is 572. The lowest BCUT2D eigenvalue weighted by molar-refractivity contribution is -0.119. The number of carbonyl (C=O) groups excluding carboxylic acids is 1. The molecule has 1 rings (SSSR count). The minimum atomic E-state index is -3.76. The van der Waals surface area contributed by atoms with Crippen LogP contribution >= 0.6 is 15.9 Å². The van der Waals surface area contributed by atoms with Crippen molar-refractivity contribution in [3.63, 3.8) is 0 Å². The highest BCUT2D eigenvalue weighted by atomic mass is 79.9. The average Bonchev–Trinajstić information content (AvgIpc) is 2.27. The lowest BCUT2D eigenvalue weighted by Gasteiger charge is -2.12. The number of carbonyl (C=O) groups is 1. The molecule has 106 valence electrons. The second-order valence-corrected chi connectivity index (χ2v) is 6.75. The van der Waals surface area contributed by atoms with Crippen molar-refractivity contribution in [1.29, 1.82) is 0 Å². The topological polar surface area (TPSA) is 89.3 Å². The van der Waals surface area contributed by atoms with Gasteiger partial charge in [0.1, 0.15) is 0 Å². The summed E-state index contributed by atoms with van der Waals surface area (Å²) in [7, 11) is -3.76. The molecule has 1 aromatic rings. The first-order chi connectivity index (χ1) is 8.75. The lowest BCUT2D eigenvalue weighted by atomic mass is 10.1. The van der Waals surface area contributed by atoms with E-state index in [0.717, 1.165) is 12.8 Å². The van der Waals surface area contributed by atoms with Gasteiger partial charge in [0.05, 0.1) is 4.90 Å². The fraction of sp³-hybridized carbons (Fsp3) is 0.417. The van der Waals surface area contributed by atoms with Crippen molar-refractivity contribution < 1.29 is 13.2 Å². The molecular weight excluding hydrogens is 332 g/mol. The Morgan fingerprint density at radius 3 is 2.58 bits per heavy atom. The molecule has 5 nitrogen and oxygen atoms in total. The van der Waals surface area contributed by atoms with Gasteiger partial charge in [-0.05, 0) is 40.5 Å². The predicted octanol–water partition coefficient (Wildman–Crippen LogP) is 2.47. The third-order valence-corrected chi connectivity index (χ3v) is 4.56. The van der Waals surface area contributed by atoms with Gasteiger partial charge in [0, 0.05) is 16.1 Å². The molecule has 0 spiro atoms. The Morgan fingerprint density at radius 1 is 1.47 bits per heavy atom. The molecular formula is C12H17BrN2O3S. The van der Waals surface area contributed by atoms with Crippen LogP contribution in [0.1, 0.15) is 26.7 Å². The number of amides is 1. The maximum atomic E-state index is 11.8. The van der Waals surface area contributed by atoms with E-state index in [4.69, 9.17) is 5.14 Å². The molecule has 1 unspecified atom stereocenters. The van der Waals surface area contributed by atoms with E-state index >= 15 is 0 Å². The highest BCUT2D eigenvalue weighted by Gasteiger charge is 2.15. The SMILES string of the molecule is CCCC(C)C(=O)Nc1ccc(S(N)(=O)=O)c(Br)c1. The highest BCUT2D eigenvalue weighted by Crippen LogP contribution is 2.25. The summed E-state index contributed by atoms with van der Waals surface area (Å²) in [5.41, 5.74) is 0.534. The number of primary sulfonamides is 1. The second-order valence-electron chi connectivity index (χ2n) is 4.37. The van der Waals surface area contributed by atoms with Crippen molar-refractivity contribution in [2.45, 2.75) is 31.6 Å². The van der Waals surface area contributed by atoms with Gasteiger partial charge in [-0.15, -0.1) is 0 Å². The van der Waals surface area contributed by atoms with Crippen molar-refractivity contribution in [3.05, 3.63) is 22.7 Å². The summed E-state index contributed by atoms with van der Waals surface area (Å²) in [6.07, 6.45) is 1.74. The number of hydrogen-bond acceptors (Lipinski definition) is 3. The van der Waals surface area contributed by atoms with Crippen LogP contribution < -0.4 is 10.5 Å². The Kier molecular flexibility index (Phi) is 5.51. The summed E-state index contributed by atoms with van der Waals surface area (Å²) < 4.78 is 22.8. The molecule has 0 saturated carbocycles. The molecule has 1 amide bonds. The van der Waals surface area contributed by atoms with Crippen LogP contribution in [-0.2, 0) is 14.8 Å². The number of anilines is 1. The molecule has 0 aliphatic rings. The Morgan fingerprint density at radius 2 is 2.11 bits per heavy atom. The monoisotopic (exact) mass is 348 g/mol. The molecule has 0 bridgehead atoms. The smallest absolute Gasteiger partial charge is 0.239 e. The quantitative estimate of drug-likeness (QED) is 0.856. The molecule has 0 fully saturated rings. The van der Waals surface area contributed by atoms with Gasteiger partial charge >= 0.3 is 0 Å². The van der Waals surface area contributed by atoms with E-state index in [-0.39, 0.29) is 16.7 Å². The molecule has 1 atom stereocenters. The molecule has 7 heteroatoms. The Hall–Kier alpha value is -0.920. The van der Waals surface area contributed by atoms with Crippen LogP contribution in [-0.4, -0.2) is 14.3 Å². The van der Waals surface area contributed by atoms with E-state index in [2.05, 4.69) is 21.2 Å². The zero-order chi connectivity index (χ0) is 14.6. The molecule has 0 aliphatic carbocycles. The van der Waals surface area contributed by atoms with Gasteiger partial charge < -0.3 is 5.32 Å². The third kappa shape index (κ3) is 4.59. The standard InChI is InChI=1S/C12H17BrN2O3S/c1-3-4-8(2)12(16)15-9-5-6-11(10(13)7-9)19(14,17)18/h5-8H,3-4H2,1-2H3,(H,15,16)(H2,14,17,18). The maximum absolute atomic E-state index is 11.8. The average molecular weight is 349 g/mol. The highest BCUT2D eigenvalue weighted by molar-refractivity contribution is 9.10. The summed E-state index contributed by atoms with van der Waals surface area (Å²) in [5, 5.41) is 7.79. The first-order valence-electron chi connectivity index (χ1n) is 5.89. The zero-order valence-electron chi connectivity index (χ0n) is 10.8. The number of nitrogens with one attached hydrogen (secondary N) is 1. The number of benzene rings is 1. The summed E-state index contributed by atoms with van der Waals surface area (Å²) in [6, 6.07) is 4.40. The van der Waals surface area contributed by atoms with E-state index in [1.807, 2.05) is 13.8 Å². The van der Waals surface area contributed by atoms with Crippen LogP contribution in [0.25, 0.3) is 0 Å². The fourth-order valence-corrected chi connectivity index (χ4v) is 3.28. The van der Waals surface area contributed by atoms with Crippen LogP contribution in [0, 0.1) is 5.92 Å².